The molecule has 5 heteroatoms. The van der Waals surface area contributed by atoms with E-state index in [1.807, 2.05) is 24.3 Å². The fraction of sp³-hybridized carbons (Fsp3) is 0. The lowest BCUT2D eigenvalue weighted by molar-refractivity contribution is 0.0697. The Hall–Kier alpha value is -2.01. The minimum absolute atomic E-state index is 0.196. The summed E-state index contributed by atoms with van der Waals surface area (Å²) >= 11 is 3.37. The Labute approximate surface area is 113 Å². The van der Waals surface area contributed by atoms with Crippen LogP contribution in [0, 0.1) is 0 Å². The van der Waals surface area contributed by atoms with Crippen LogP contribution in [0.3, 0.4) is 0 Å². The molecule has 0 fully saturated rings. The van der Waals surface area contributed by atoms with E-state index in [0.29, 0.717) is 11.4 Å². The Balaban J connectivity index is 2.33. The molecule has 2 aromatic carbocycles. The van der Waals surface area contributed by atoms with Gasteiger partial charge < -0.3 is 16.2 Å². The van der Waals surface area contributed by atoms with Crippen LogP contribution in [0.5, 0.6) is 0 Å². The first kappa shape index (κ1) is 12.4. The predicted octanol–water partition coefficient (Wildman–Crippen LogP) is 3.47. The molecule has 4 nitrogen and oxygen atoms in total. The van der Waals surface area contributed by atoms with Gasteiger partial charge in [-0.25, -0.2) is 4.79 Å². The molecule has 2 aromatic rings. The summed E-state index contributed by atoms with van der Waals surface area (Å²) in [5.74, 6) is -0.979. The van der Waals surface area contributed by atoms with Gasteiger partial charge in [0.15, 0.2) is 0 Å². The van der Waals surface area contributed by atoms with Crippen LogP contribution in [0.1, 0.15) is 10.4 Å². The molecule has 0 radical (unpaired) electrons. The first-order chi connectivity index (χ1) is 8.56. The van der Waals surface area contributed by atoms with Crippen LogP contribution >= 0.6 is 15.9 Å². The molecule has 0 bridgehead atoms. The molecule has 92 valence electrons. The fourth-order valence-corrected chi connectivity index (χ4v) is 1.92. The van der Waals surface area contributed by atoms with Gasteiger partial charge in [0, 0.05) is 10.2 Å². The van der Waals surface area contributed by atoms with Crippen LogP contribution in [0.25, 0.3) is 0 Å². The van der Waals surface area contributed by atoms with Gasteiger partial charge in [0.05, 0.1) is 16.9 Å². The summed E-state index contributed by atoms with van der Waals surface area (Å²) in [5.41, 5.74) is 7.91. The number of rotatable bonds is 3. The molecule has 0 aliphatic carbocycles. The molecule has 18 heavy (non-hydrogen) atoms. The molecule has 0 heterocycles. The number of nitrogens with one attached hydrogen (secondary N) is 1. The molecular formula is C13H11BrN2O2. The number of nitrogens with two attached hydrogens (primary N) is 1. The maximum atomic E-state index is 10.9. The van der Waals surface area contributed by atoms with Crippen LogP contribution in [0.2, 0.25) is 0 Å². The molecule has 0 saturated carbocycles. The lowest BCUT2D eigenvalue weighted by atomic mass is 10.1. The summed E-state index contributed by atoms with van der Waals surface area (Å²) in [4.78, 5) is 10.9. The zero-order valence-corrected chi connectivity index (χ0v) is 10.9. The van der Waals surface area contributed by atoms with E-state index in [9.17, 15) is 4.79 Å². The molecular weight excluding hydrogens is 296 g/mol. The van der Waals surface area contributed by atoms with Crippen LogP contribution in [0.4, 0.5) is 17.1 Å². The van der Waals surface area contributed by atoms with E-state index in [-0.39, 0.29) is 5.56 Å². The second kappa shape index (κ2) is 5.10. The van der Waals surface area contributed by atoms with Crippen molar-refractivity contribution in [3.05, 3.63) is 52.5 Å². The predicted molar refractivity (Wildman–Crippen MR) is 75.2 cm³/mol. The summed E-state index contributed by atoms with van der Waals surface area (Å²) in [6, 6.07) is 12.1. The molecule has 4 N–H and O–H groups in total. The van der Waals surface area contributed by atoms with Crippen molar-refractivity contribution in [2.75, 3.05) is 11.1 Å². The molecule has 0 amide bonds. The lowest BCUT2D eigenvalue weighted by Gasteiger charge is -2.10. The molecule has 0 spiro atoms. The van der Waals surface area contributed by atoms with Crippen LogP contribution in [-0.2, 0) is 0 Å². The minimum atomic E-state index is -0.979. The number of carbonyl (C=O) groups is 1. The third-order valence-corrected chi connectivity index (χ3v) is 2.90. The highest BCUT2D eigenvalue weighted by molar-refractivity contribution is 9.10. The zero-order valence-electron chi connectivity index (χ0n) is 9.35. The first-order valence-electron chi connectivity index (χ1n) is 5.21. The van der Waals surface area contributed by atoms with Gasteiger partial charge in [0.2, 0.25) is 0 Å². The number of benzene rings is 2. The number of halogens is 1. The zero-order chi connectivity index (χ0) is 13.1. The molecule has 0 aliphatic heterocycles. The van der Waals surface area contributed by atoms with Gasteiger partial charge in [0.1, 0.15) is 0 Å². The third-order valence-electron chi connectivity index (χ3n) is 2.40. The van der Waals surface area contributed by atoms with Gasteiger partial charge in [-0.05, 0) is 36.4 Å². The molecule has 0 unspecified atom stereocenters. The van der Waals surface area contributed by atoms with E-state index < -0.39 is 5.97 Å². The number of hydrogen-bond acceptors (Lipinski definition) is 3. The van der Waals surface area contributed by atoms with Crippen molar-refractivity contribution in [2.45, 2.75) is 0 Å². The Bertz CT molecular complexity index is 599. The van der Waals surface area contributed by atoms with Crippen LogP contribution in [-0.4, -0.2) is 11.1 Å². The SMILES string of the molecule is Nc1ccc(C(=O)O)cc1Nc1cccc(Br)c1. The average Bonchev–Trinajstić information content (AvgIpc) is 2.31. The van der Waals surface area contributed by atoms with E-state index >= 15 is 0 Å². The normalized spacial score (nSPS) is 10.1. The smallest absolute Gasteiger partial charge is 0.335 e. The second-order valence-electron chi connectivity index (χ2n) is 3.74. The van der Waals surface area contributed by atoms with Crippen molar-refractivity contribution < 1.29 is 9.90 Å². The Morgan fingerprint density at radius 2 is 2.00 bits per heavy atom. The summed E-state index contributed by atoms with van der Waals surface area (Å²) in [5, 5.41) is 12.0. The van der Waals surface area contributed by atoms with Crippen molar-refractivity contribution in [3.8, 4) is 0 Å². The summed E-state index contributed by atoms with van der Waals surface area (Å²) in [6.07, 6.45) is 0. The standard InChI is InChI=1S/C13H11BrN2O2/c14-9-2-1-3-10(7-9)16-12-6-8(13(17)18)4-5-11(12)15/h1-7,16H,15H2,(H,17,18). The topological polar surface area (TPSA) is 75.4 Å². The molecule has 0 saturated heterocycles. The maximum Gasteiger partial charge on any atom is 0.335 e. The van der Waals surface area contributed by atoms with E-state index in [1.54, 1.807) is 6.07 Å². The van der Waals surface area contributed by atoms with Crippen molar-refractivity contribution >= 4 is 39.0 Å². The van der Waals surface area contributed by atoms with E-state index in [0.717, 1.165) is 10.2 Å². The van der Waals surface area contributed by atoms with Crippen molar-refractivity contribution in [2.24, 2.45) is 0 Å². The Kier molecular flexibility index (Phi) is 3.53. The van der Waals surface area contributed by atoms with Crippen LogP contribution < -0.4 is 11.1 Å². The monoisotopic (exact) mass is 306 g/mol. The number of hydrogen-bond donors (Lipinski definition) is 3. The second-order valence-corrected chi connectivity index (χ2v) is 4.66. The van der Waals surface area contributed by atoms with E-state index in [2.05, 4.69) is 21.2 Å². The lowest BCUT2D eigenvalue weighted by Crippen LogP contribution is -2.01. The van der Waals surface area contributed by atoms with Crippen molar-refractivity contribution in [1.82, 2.24) is 0 Å². The third kappa shape index (κ3) is 2.81. The van der Waals surface area contributed by atoms with Crippen molar-refractivity contribution in [1.29, 1.82) is 0 Å². The summed E-state index contributed by atoms with van der Waals surface area (Å²) in [7, 11) is 0. The summed E-state index contributed by atoms with van der Waals surface area (Å²) in [6.45, 7) is 0. The molecule has 0 atom stereocenters. The number of carboxylic acid groups (broad SMARTS) is 1. The number of nitrogen functional groups attached to an aromatic ring is 1. The van der Waals surface area contributed by atoms with Gasteiger partial charge in [-0.3, -0.25) is 0 Å². The number of aromatic carboxylic acids is 1. The van der Waals surface area contributed by atoms with E-state index in [4.69, 9.17) is 10.8 Å². The number of carboxylic acids is 1. The Morgan fingerprint density at radius 3 is 2.67 bits per heavy atom. The van der Waals surface area contributed by atoms with Gasteiger partial charge in [-0.1, -0.05) is 22.0 Å². The quantitative estimate of drug-likeness (QED) is 0.759. The number of anilines is 3. The highest BCUT2D eigenvalue weighted by Gasteiger charge is 2.07. The van der Waals surface area contributed by atoms with Crippen molar-refractivity contribution in [3.63, 3.8) is 0 Å². The Morgan fingerprint density at radius 1 is 1.22 bits per heavy atom. The largest absolute Gasteiger partial charge is 0.478 e. The minimum Gasteiger partial charge on any atom is -0.478 e. The van der Waals surface area contributed by atoms with E-state index in [1.165, 1.54) is 12.1 Å². The maximum absolute atomic E-state index is 10.9. The summed E-state index contributed by atoms with van der Waals surface area (Å²) < 4.78 is 0.931. The van der Waals surface area contributed by atoms with Crippen LogP contribution in [0.15, 0.2) is 46.9 Å². The van der Waals surface area contributed by atoms with Gasteiger partial charge in [0.25, 0.3) is 0 Å². The first-order valence-corrected chi connectivity index (χ1v) is 6.01. The highest BCUT2D eigenvalue weighted by Crippen LogP contribution is 2.26. The molecule has 0 aliphatic rings. The average molecular weight is 307 g/mol. The fourth-order valence-electron chi connectivity index (χ4n) is 1.52. The van der Waals surface area contributed by atoms with Gasteiger partial charge in [-0.15, -0.1) is 0 Å². The highest BCUT2D eigenvalue weighted by atomic mass is 79.9. The van der Waals surface area contributed by atoms with Gasteiger partial charge in [-0.2, -0.15) is 0 Å². The van der Waals surface area contributed by atoms with Gasteiger partial charge >= 0.3 is 5.97 Å². The molecule has 0 aromatic heterocycles. The molecule has 2 rings (SSSR count).